The van der Waals surface area contributed by atoms with Crippen LogP contribution in [0.3, 0.4) is 0 Å². The maximum Gasteiger partial charge on any atom is 0.294 e. The van der Waals surface area contributed by atoms with E-state index in [1.165, 1.54) is 7.11 Å². The maximum atomic E-state index is 13.1. The van der Waals surface area contributed by atoms with Gasteiger partial charge in [0.25, 0.3) is 11.1 Å². The van der Waals surface area contributed by atoms with Crippen LogP contribution in [0, 0.1) is 13.8 Å². The Hall–Kier alpha value is -3.72. The number of ether oxygens (including phenoxy) is 2. The van der Waals surface area contributed by atoms with Gasteiger partial charge in [-0.05, 0) is 96.8 Å². The molecule has 3 amide bonds. The predicted molar refractivity (Wildman–Crippen MR) is 165 cm³/mol. The number of thioether (sulfide) groups is 1. The van der Waals surface area contributed by atoms with Crippen molar-refractivity contribution in [2.75, 3.05) is 19.0 Å². The number of hydrogen-bond acceptors (Lipinski definition) is 6. The number of halogens is 2. The average Bonchev–Trinajstić information content (AvgIpc) is 3.19. The van der Waals surface area contributed by atoms with Gasteiger partial charge in [0.1, 0.15) is 13.2 Å². The summed E-state index contributed by atoms with van der Waals surface area (Å²) in [7, 11) is 1.52. The van der Waals surface area contributed by atoms with Crippen LogP contribution in [0.25, 0.3) is 6.08 Å². The highest BCUT2D eigenvalue weighted by atomic mass is 35.5. The van der Waals surface area contributed by atoms with Crippen molar-refractivity contribution in [2.45, 2.75) is 26.9 Å². The summed E-state index contributed by atoms with van der Waals surface area (Å²) >= 11 is 12.9. The van der Waals surface area contributed by atoms with Crippen molar-refractivity contribution in [3.05, 3.63) is 104 Å². The molecule has 0 aliphatic carbocycles. The van der Waals surface area contributed by atoms with Crippen molar-refractivity contribution in [3.8, 4) is 11.5 Å². The lowest BCUT2D eigenvalue weighted by Crippen LogP contribution is -2.36. The number of anilines is 1. The lowest BCUT2D eigenvalue weighted by Gasteiger charge is -2.16. The minimum Gasteiger partial charge on any atom is -0.493 e. The summed E-state index contributed by atoms with van der Waals surface area (Å²) in [6, 6.07) is 14.3. The van der Waals surface area contributed by atoms with Crippen LogP contribution in [-0.4, -0.2) is 35.6 Å². The van der Waals surface area contributed by atoms with E-state index >= 15 is 0 Å². The van der Waals surface area contributed by atoms with E-state index in [2.05, 4.69) is 11.9 Å². The number of imide groups is 1. The molecular formula is C31H28Cl2N2O5S. The summed E-state index contributed by atoms with van der Waals surface area (Å²) in [5, 5.41) is 3.11. The Morgan fingerprint density at radius 1 is 1.05 bits per heavy atom. The molecule has 3 aromatic carbocycles. The minimum atomic E-state index is -0.542. The molecule has 41 heavy (non-hydrogen) atoms. The van der Waals surface area contributed by atoms with Crippen LogP contribution in [-0.2, 0) is 22.6 Å². The van der Waals surface area contributed by atoms with Gasteiger partial charge in [0.05, 0.1) is 22.1 Å². The van der Waals surface area contributed by atoms with E-state index in [-0.39, 0.29) is 18.1 Å². The van der Waals surface area contributed by atoms with Gasteiger partial charge in [-0.25, -0.2) is 0 Å². The molecule has 1 heterocycles. The highest BCUT2D eigenvalue weighted by Crippen LogP contribution is 2.38. The molecule has 10 heteroatoms. The van der Waals surface area contributed by atoms with Crippen molar-refractivity contribution < 1.29 is 23.9 Å². The number of aryl methyl sites for hydroxylation is 2. The Labute approximate surface area is 253 Å². The summed E-state index contributed by atoms with van der Waals surface area (Å²) in [6.45, 7) is 7.58. The Morgan fingerprint density at radius 3 is 2.51 bits per heavy atom. The van der Waals surface area contributed by atoms with E-state index in [1.807, 2.05) is 38.1 Å². The molecule has 1 N–H and O–H groups in total. The summed E-state index contributed by atoms with van der Waals surface area (Å²) < 4.78 is 11.7. The van der Waals surface area contributed by atoms with Gasteiger partial charge in [-0.1, -0.05) is 41.4 Å². The average molecular weight is 612 g/mol. The van der Waals surface area contributed by atoms with Gasteiger partial charge in [0.2, 0.25) is 5.91 Å². The zero-order chi connectivity index (χ0) is 29.7. The van der Waals surface area contributed by atoms with Crippen molar-refractivity contribution >= 4 is 63.8 Å². The number of hydrogen-bond donors (Lipinski definition) is 1. The monoisotopic (exact) mass is 610 g/mol. The highest BCUT2D eigenvalue weighted by Gasteiger charge is 2.36. The summed E-state index contributed by atoms with van der Waals surface area (Å²) in [4.78, 5) is 39.5. The van der Waals surface area contributed by atoms with Crippen LogP contribution in [0.1, 0.15) is 27.8 Å². The van der Waals surface area contributed by atoms with Gasteiger partial charge in [-0.3, -0.25) is 19.3 Å². The predicted octanol–water partition coefficient (Wildman–Crippen LogP) is 7.60. The number of rotatable bonds is 10. The Morgan fingerprint density at radius 2 is 1.83 bits per heavy atom. The molecule has 0 unspecified atom stereocenters. The smallest absolute Gasteiger partial charge is 0.294 e. The zero-order valence-corrected chi connectivity index (χ0v) is 25.1. The first-order valence-corrected chi connectivity index (χ1v) is 14.2. The van der Waals surface area contributed by atoms with Crippen molar-refractivity contribution in [1.29, 1.82) is 0 Å². The molecule has 1 aliphatic rings. The summed E-state index contributed by atoms with van der Waals surface area (Å²) in [5.74, 6) is -0.0379. The second-order valence-corrected chi connectivity index (χ2v) is 11.2. The molecule has 0 saturated carbocycles. The molecule has 1 saturated heterocycles. The van der Waals surface area contributed by atoms with Gasteiger partial charge in [-0.15, -0.1) is 6.58 Å². The lowest BCUT2D eigenvalue weighted by atomic mass is 10.0. The highest BCUT2D eigenvalue weighted by molar-refractivity contribution is 8.18. The number of methoxy groups -OCH3 is 1. The molecule has 1 fully saturated rings. The molecule has 7 nitrogen and oxygen atoms in total. The van der Waals surface area contributed by atoms with E-state index in [1.54, 1.807) is 36.4 Å². The van der Waals surface area contributed by atoms with Gasteiger partial charge >= 0.3 is 0 Å². The van der Waals surface area contributed by atoms with Crippen molar-refractivity contribution in [1.82, 2.24) is 4.90 Å². The number of carbonyl (C=O) groups excluding carboxylic acids is 3. The third-order valence-corrected chi connectivity index (χ3v) is 8.02. The third-order valence-electron chi connectivity index (χ3n) is 6.37. The van der Waals surface area contributed by atoms with E-state index in [0.717, 1.165) is 38.9 Å². The number of carbonyl (C=O) groups is 3. The van der Waals surface area contributed by atoms with Crippen LogP contribution in [0.4, 0.5) is 10.5 Å². The molecular weight excluding hydrogens is 583 g/mol. The fourth-order valence-electron chi connectivity index (χ4n) is 4.13. The van der Waals surface area contributed by atoms with Gasteiger partial charge in [-0.2, -0.15) is 0 Å². The first kappa shape index (κ1) is 30.2. The second kappa shape index (κ2) is 13.3. The molecule has 0 spiro atoms. The Balaban J connectivity index is 1.52. The van der Waals surface area contributed by atoms with Crippen molar-refractivity contribution in [3.63, 3.8) is 0 Å². The molecule has 3 aromatic rings. The number of nitrogens with zero attached hydrogens (tertiary/aromatic N) is 1. The molecule has 0 aromatic heterocycles. The topological polar surface area (TPSA) is 84.9 Å². The van der Waals surface area contributed by atoms with Crippen LogP contribution in [0.2, 0.25) is 10.0 Å². The molecule has 4 rings (SSSR count). The third kappa shape index (κ3) is 7.33. The van der Waals surface area contributed by atoms with Crippen molar-refractivity contribution in [2.24, 2.45) is 0 Å². The quantitative estimate of drug-likeness (QED) is 0.188. The van der Waals surface area contributed by atoms with Crippen LogP contribution in [0.15, 0.2) is 66.1 Å². The molecule has 0 atom stereocenters. The SMILES string of the molecule is C=CCc1cc(/C=C2/SC(=O)N(CC(=O)Nc3ccc(C)c(C)c3)C2=O)cc(OC)c1OCc1ccc(Cl)c(Cl)c1. The normalized spacial score (nSPS) is 14.0. The number of benzene rings is 3. The fourth-order valence-corrected chi connectivity index (χ4v) is 5.28. The summed E-state index contributed by atoms with van der Waals surface area (Å²) in [5.41, 5.74) is 4.95. The Bertz CT molecular complexity index is 1570. The maximum absolute atomic E-state index is 13.1. The van der Waals surface area contributed by atoms with Gasteiger partial charge < -0.3 is 14.8 Å². The van der Waals surface area contributed by atoms with Crippen LogP contribution < -0.4 is 14.8 Å². The number of nitrogens with one attached hydrogen (secondary N) is 1. The number of amides is 3. The molecule has 0 radical (unpaired) electrons. The second-order valence-electron chi connectivity index (χ2n) is 9.36. The summed E-state index contributed by atoms with van der Waals surface area (Å²) in [6.07, 6.45) is 3.80. The van der Waals surface area contributed by atoms with E-state index < -0.39 is 17.1 Å². The molecule has 1 aliphatic heterocycles. The fraction of sp³-hybridized carbons (Fsp3) is 0.194. The van der Waals surface area contributed by atoms with E-state index in [9.17, 15) is 14.4 Å². The van der Waals surface area contributed by atoms with Crippen LogP contribution in [0.5, 0.6) is 11.5 Å². The first-order chi connectivity index (χ1) is 19.6. The van der Waals surface area contributed by atoms with Gasteiger partial charge in [0.15, 0.2) is 11.5 Å². The Kier molecular flexibility index (Phi) is 9.81. The number of allylic oxidation sites excluding steroid dienone is 1. The van der Waals surface area contributed by atoms with E-state index in [0.29, 0.717) is 39.2 Å². The first-order valence-electron chi connectivity index (χ1n) is 12.6. The standard InChI is InChI=1S/C31H28Cl2N2O5S/c1-5-6-22-12-21(14-26(39-4)29(22)40-17-20-8-10-24(32)25(33)13-20)15-27-30(37)35(31(38)41-27)16-28(36)34-23-9-7-18(2)19(3)11-23/h5,7-15H,1,6,16-17H2,2-4H3,(H,34,36)/b27-15+. The van der Waals surface area contributed by atoms with E-state index in [4.69, 9.17) is 32.7 Å². The molecule has 212 valence electrons. The minimum absolute atomic E-state index is 0.199. The lowest BCUT2D eigenvalue weighted by molar-refractivity contribution is -0.127. The van der Waals surface area contributed by atoms with Gasteiger partial charge in [0, 0.05) is 11.3 Å². The largest absolute Gasteiger partial charge is 0.493 e. The molecule has 0 bridgehead atoms. The van der Waals surface area contributed by atoms with Crippen LogP contribution >= 0.6 is 35.0 Å². The zero-order valence-electron chi connectivity index (χ0n) is 22.8.